The molecule has 0 fully saturated rings. The smallest absolute Gasteiger partial charge is 0.321 e. The first-order valence-corrected chi connectivity index (χ1v) is 9.02. The van der Waals surface area contributed by atoms with Gasteiger partial charge in [-0.1, -0.05) is 11.6 Å². The normalized spacial score (nSPS) is 10.2. The Morgan fingerprint density at radius 3 is 2.21 bits per heavy atom. The van der Waals surface area contributed by atoms with Crippen LogP contribution in [0.15, 0.2) is 71.3 Å². The van der Waals surface area contributed by atoms with Gasteiger partial charge >= 0.3 is 6.03 Å². The van der Waals surface area contributed by atoms with E-state index in [9.17, 15) is 14.4 Å². The molecule has 7 nitrogen and oxygen atoms in total. The van der Waals surface area contributed by atoms with Crippen LogP contribution in [0.2, 0.25) is 5.02 Å². The van der Waals surface area contributed by atoms with Gasteiger partial charge in [-0.05, 0) is 60.7 Å². The van der Waals surface area contributed by atoms with E-state index in [0.29, 0.717) is 27.7 Å². The van der Waals surface area contributed by atoms with Gasteiger partial charge < -0.3 is 14.5 Å². The van der Waals surface area contributed by atoms with E-state index in [4.69, 9.17) is 20.8 Å². The Hall–Kier alpha value is -3.58. The SMILES string of the molecule is O=C(COc1ccc(C(=O)c2ccc(Cl)cc2)cc1)NC(=O)NCc1ccco1. The molecule has 0 saturated carbocycles. The number of carbonyl (C=O) groups excluding carboxylic acids is 3. The number of hydrogen-bond donors (Lipinski definition) is 2. The Morgan fingerprint density at radius 1 is 0.931 bits per heavy atom. The van der Waals surface area contributed by atoms with Gasteiger partial charge in [0.25, 0.3) is 5.91 Å². The largest absolute Gasteiger partial charge is 0.484 e. The number of amides is 3. The summed E-state index contributed by atoms with van der Waals surface area (Å²) in [5.74, 6) is 0.198. The van der Waals surface area contributed by atoms with Crippen molar-refractivity contribution in [2.45, 2.75) is 6.54 Å². The molecule has 3 amide bonds. The number of halogens is 1. The van der Waals surface area contributed by atoms with Crippen LogP contribution >= 0.6 is 11.6 Å². The summed E-state index contributed by atoms with van der Waals surface area (Å²) in [6.45, 7) is -0.186. The zero-order valence-corrected chi connectivity index (χ0v) is 15.9. The highest BCUT2D eigenvalue weighted by Gasteiger charge is 2.11. The van der Waals surface area contributed by atoms with Gasteiger partial charge in [-0.15, -0.1) is 0 Å². The predicted octanol–water partition coefficient (Wildman–Crippen LogP) is 3.57. The summed E-state index contributed by atoms with van der Waals surface area (Å²) in [7, 11) is 0. The lowest BCUT2D eigenvalue weighted by molar-refractivity contribution is -0.122. The molecule has 148 valence electrons. The number of urea groups is 1. The van der Waals surface area contributed by atoms with E-state index < -0.39 is 11.9 Å². The van der Waals surface area contributed by atoms with E-state index >= 15 is 0 Å². The van der Waals surface area contributed by atoms with Crippen molar-refractivity contribution in [3.63, 3.8) is 0 Å². The minimum atomic E-state index is -0.654. The van der Waals surface area contributed by atoms with Crippen LogP contribution in [0.25, 0.3) is 0 Å². The third-order valence-corrected chi connectivity index (χ3v) is 4.10. The number of hydrogen-bond acceptors (Lipinski definition) is 5. The number of furan rings is 1. The Labute approximate surface area is 171 Å². The molecule has 0 spiro atoms. The molecular formula is C21H17ClN2O5. The van der Waals surface area contributed by atoms with E-state index in [1.807, 2.05) is 0 Å². The van der Waals surface area contributed by atoms with Gasteiger partial charge in [-0.2, -0.15) is 0 Å². The maximum absolute atomic E-state index is 12.4. The number of ether oxygens (including phenoxy) is 1. The van der Waals surface area contributed by atoms with Crippen molar-refractivity contribution in [2.24, 2.45) is 0 Å². The minimum absolute atomic E-state index is 0.154. The summed E-state index contributed by atoms with van der Waals surface area (Å²) in [4.78, 5) is 35.8. The molecule has 0 radical (unpaired) electrons. The fourth-order valence-corrected chi connectivity index (χ4v) is 2.53. The number of ketones is 1. The number of benzene rings is 2. The molecule has 0 atom stereocenters. The summed E-state index contributed by atoms with van der Waals surface area (Å²) in [6, 6.07) is 15.7. The quantitative estimate of drug-likeness (QED) is 0.578. The number of carbonyl (C=O) groups is 3. The maximum Gasteiger partial charge on any atom is 0.321 e. The number of rotatable bonds is 7. The first-order chi connectivity index (χ1) is 14.0. The monoisotopic (exact) mass is 412 g/mol. The van der Waals surface area contributed by atoms with Gasteiger partial charge in [0, 0.05) is 16.1 Å². The lowest BCUT2D eigenvalue weighted by atomic mass is 10.0. The van der Waals surface area contributed by atoms with E-state index in [2.05, 4.69) is 10.6 Å². The predicted molar refractivity (Wildman–Crippen MR) is 106 cm³/mol. The molecule has 0 unspecified atom stereocenters. The van der Waals surface area contributed by atoms with Crippen molar-refractivity contribution < 1.29 is 23.5 Å². The Kier molecular flexibility index (Phi) is 6.65. The second-order valence-electron chi connectivity index (χ2n) is 5.96. The summed E-state index contributed by atoms with van der Waals surface area (Å²) >= 11 is 5.83. The van der Waals surface area contributed by atoms with Crippen LogP contribution in [-0.4, -0.2) is 24.3 Å². The zero-order chi connectivity index (χ0) is 20.6. The molecule has 2 aromatic carbocycles. The average Bonchev–Trinajstić information content (AvgIpc) is 3.25. The molecular weight excluding hydrogens is 396 g/mol. The summed E-state index contributed by atoms with van der Waals surface area (Å²) in [6.07, 6.45) is 1.49. The number of nitrogens with one attached hydrogen (secondary N) is 2. The van der Waals surface area contributed by atoms with Crippen LogP contribution in [0.1, 0.15) is 21.7 Å². The van der Waals surface area contributed by atoms with Crippen molar-refractivity contribution in [3.8, 4) is 5.75 Å². The molecule has 0 aliphatic heterocycles. The third-order valence-electron chi connectivity index (χ3n) is 3.85. The van der Waals surface area contributed by atoms with E-state index in [0.717, 1.165) is 0 Å². The van der Waals surface area contributed by atoms with Crippen LogP contribution < -0.4 is 15.4 Å². The van der Waals surface area contributed by atoms with Crippen molar-refractivity contribution in [1.82, 2.24) is 10.6 Å². The van der Waals surface area contributed by atoms with Crippen molar-refractivity contribution >= 4 is 29.3 Å². The molecule has 8 heteroatoms. The topological polar surface area (TPSA) is 97.6 Å². The molecule has 1 heterocycles. The van der Waals surface area contributed by atoms with Crippen LogP contribution in [0.5, 0.6) is 5.75 Å². The van der Waals surface area contributed by atoms with Crippen LogP contribution in [0, 0.1) is 0 Å². The zero-order valence-electron chi connectivity index (χ0n) is 15.2. The Bertz CT molecular complexity index is 983. The molecule has 2 N–H and O–H groups in total. The minimum Gasteiger partial charge on any atom is -0.484 e. The molecule has 0 aliphatic rings. The highest BCUT2D eigenvalue weighted by molar-refractivity contribution is 6.30. The molecule has 3 rings (SSSR count). The third kappa shape index (κ3) is 5.95. The lowest BCUT2D eigenvalue weighted by Gasteiger charge is -2.08. The van der Waals surface area contributed by atoms with Gasteiger partial charge in [0.15, 0.2) is 12.4 Å². The molecule has 1 aromatic heterocycles. The lowest BCUT2D eigenvalue weighted by Crippen LogP contribution is -2.41. The van der Waals surface area contributed by atoms with Gasteiger partial charge in [0.2, 0.25) is 0 Å². The van der Waals surface area contributed by atoms with E-state index in [-0.39, 0.29) is 18.9 Å². The van der Waals surface area contributed by atoms with Crippen molar-refractivity contribution in [3.05, 3.63) is 88.8 Å². The van der Waals surface area contributed by atoms with Crippen molar-refractivity contribution in [2.75, 3.05) is 6.61 Å². The summed E-state index contributed by atoms with van der Waals surface area (Å²) < 4.78 is 10.4. The van der Waals surface area contributed by atoms with Crippen molar-refractivity contribution in [1.29, 1.82) is 0 Å². The summed E-state index contributed by atoms with van der Waals surface area (Å²) in [5, 5.41) is 5.19. The van der Waals surface area contributed by atoms with Crippen LogP contribution in [0.4, 0.5) is 4.79 Å². The maximum atomic E-state index is 12.4. The highest BCUT2D eigenvalue weighted by atomic mass is 35.5. The number of imide groups is 1. The van der Waals surface area contributed by atoms with E-state index in [1.54, 1.807) is 60.7 Å². The molecule has 0 saturated heterocycles. The van der Waals surface area contributed by atoms with Crippen LogP contribution in [0.3, 0.4) is 0 Å². The first-order valence-electron chi connectivity index (χ1n) is 8.64. The Balaban J connectivity index is 1.45. The molecule has 29 heavy (non-hydrogen) atoms. The second-order valence-corrected chi connectivity index (χ2v) is 6.40. The van der Waals surface area contributed by atoms with Gasteiger partial charge in [0.05, 0.1) is 12.8 Å². The fourth-order valence-electron chi connectivity index (χ4n) is 2.41. The fraction of sp³-hybridized carbons (Fsp3) is 0.0952. The van der Waals surface area contributed by atoms with Crippen LogP contribution in [-0.2, 0) is 11.3 Å². The molecule has 0 bridgehead atoms. The van der Waals surface area contributed by atoms with Gasteiger partial charge in [-0.3, -0.25) is 14.9 Å². The molecule has 0 aliphatic carbocycles. The Morgan fingerprint density at radius 2 is 1.59 bits per heavy atom. The highest BCUT2D eigenvalue weighted by Crippen LogP contribution is 2.17. The first kappa shape index (κ1) is 20.2. The molecule has 3 aromatic rings. The standard InChI is InChI=1S/C21H17ClN2O5/c22-16-7-3-14(4-8-16)20(26)15-5-9-17(10-6-15)29-13-19(25)24-21(27)23-12-18-2-1-11-28-18/h1-11H,12-13H2,(H2,23,24,25,27). The van der Waals surface area contributed by atoms with Gasteiger partial charge in [0.1, 0.15) is 11.5 Å². The average molecular weight is 413 g/mol. The summed E-state index contributed by atoms with van der Waals surface area (Å²) in [5.41, 5.74) is 0.990. The second kappa shape index (κ2) is 9.57. The van der Waals surface area contributed by atoms with Gasteiger partial charge in [-0.25, -0.2) is 4.79 Å². The van der Waals surface area contributed by atoms with E-state index in [1.165, 1.54) is 6.26 Å².